The van der Waals surface area contributed by atoms with Crippen molar-refractivity contribution in [3.8, 4) is 0 Å². The summed E-state index contributed by atoms with van der Waals surface area (Å²) in [7, 11) is -2.12. The average molecular weight is 404 g/mol. The van der Waals surface area contributed by atoms with Crippen LogP contribution in [0.3, 0.4) is 0 Å². The van der Waals surface area contributed by atoms with Gasteiger partial charge in [-0.3, -0.25) is 0 Å². The SMILES string of the molecule is Cn1cnc(S(=O)(=O)NC2CNCC2OCc2ccc(C(F)(F)F)cc2)c1. The largest absolute Gasteiger partial charge is 0.416 e. The number of halogens is 3. The molecule has 1 aromatic carbocycles. The van der Waals surface area contributed by atoms with Crippen LogP contribution in [0.2, 0.25) is 0 Å². The molecular formula is C16H19F3N4O3S. The maximum absolute atomic E-state index is 12.6. The molecule has 11 heteroatoms. The Morgan fingerprint density at radius 1 is 1.30 bits per heavy atom. The second-order valence-electron chi connectivity index (χ2n) is 6.31. The second-order valence-corrected chi connectivity index (χ2v) is 7.97. The third-order valence-corrected chi connectivity index (χ3v) is 5.54. The van der Waals surface area contributed by atoms with Crippen LogP contribution in [-0.4, -0.2) is 43.2 Å². The van der Waals surface area contributed by atoms with Crippen LogP contribution >= 0.6 is 0 Å². The molecule has 2 atom stereocenters. The van der Waals surface area contributed by atoms with Gasteiger partial charge in [0, 0.05) is 26.3 Å². The van der Waals surface area contributed by atoms with E-state index >= 15 is 0 Å². The molecule has 2 aromatic rings. The molecule has 1 aromatic heterocycles. The lowest BCUT2D eigenvalue weighted by Crippen LogP contribution is -2.43. The zero-order valence-electron chi connectivity index (χ0n) is 14.4. The molecule has 7 nitrogen and oxygen atoms in total. The number of benzene rings is 1. The molecule has 2 heterocycles. The first-order valence-corrected chi connectivity index (χ1v) is 9.62. The van der Waals surface area contributed by atoms with E-state index in [1.54, 1.807) is 7.05 Å². The Balaban J connectivity index is 1.60. The Morgan fingerprint density at radius 2 is 2.00 bits per heavy atom. The predicted octanol–water partition coefficient (Wildman–Crippen LogP) is 1.27. The van der Waals surface area contributed by atoms with Gasteiger partial charge in [0.2, 0.25) is 0 Å². The van der Waals surface area contributed by atoms with Crippen molar-refractivity contribution in [1.29, 1.82) is 0 Å². The van der Waals surface area contributed by atoms with Crippen molar-refractivity contribution in [2.75, 3.05) is 13.1 Å². The standard InChI is InChI=1S/C16H19F3N4O3S/c1-23-8-15(21-10-23)27(24,25)22-13-6-20-7-14(13)26-9-11-2-4-12(5-3-11)16(17,18)19/h2-5,8,10,13-14,20,22H,6-7,9H2,1H3. The molecular weight excluding hydrogens is 385 g/mol. The number of ether oxygens (including phenoxy) is 1. The molecule has 27 heavy (non-hydrogen) atoms. The second kappa shape index (κ2) is 7.58. The zero-order chi connectivity index (χ0) is 19.7. The quantitative estimate of drug-likeness (QED) is 0.758. The molecule has 1 aliphatic rings. The van der Waals surface area contributed by atoms with Crippen molar-refractivity contribution in [3.05, 3.63) is 47.9 Å². The highest BCUT2D eigenvalue weighted by atomic mass is 32.2. The van der Waals surface area contributed by atoms with Crippen LogP contribution in [0.25, 0.3) is 0 Å². The highest BCUT2D eigenvalue weighted by Crippen LogP contribution is 2.29. The highest BCUT2D eigenvalue weighted by Gasteiger charge is 2.33. The van der Waals surface area contributed by atoms with Gasteiger partial charge in [-0.15, -0.1) is 0 Å². The Bertz CT molecular complexity index is 881. The number of alkyl halides is 3. The van der Waals surface area contributed by atoms with Gasteiger partial charge in [0.25, 0.3) is 10.0 Å². The van der Waals surface area contributed by atoms with E-state index in [4.69, 9.17) is 4.74 Å². The third-order valence-electron chi connectivity index (χ3n) is 4.17. The van der Waals surface area contributed by atoms with Gasteiger partial charge in [0.15, 0.2) is 5.03 Å². The topological polar surface area (TPSA) is 85.2 Å². The van der Waals surface area contributed by atoms with Crippen LogP contribution in [0.15, 0.2) is 41.8 Å². The molecule has 1 aliphatic heterocycles. The number of hydrogen-bond donors (Lipinski definition) is 2. The van der Waals surface area contributed by atoms with Crippen LogP contribution in [-0.2, 0) is 34.6 Å². The van der Waals surface area contributed by atoms with E-state index < -0.39 is 33.9 Å². The molecule has 0 radical (unpaired) electrons. The molecule has 148 valence electrons. The summed E-state index contributed by atoms with van der Waals surface area (Å²) in [5.74, 6) is 0. The number of aromatic nitrogens is 2. The Labute approximate surface area is 154 Å². The summed E-state index contributed by atoms with van der Waals surface area (Å²) in [6.07, 6.45) is -2.06. The van der Waals surface area contributed by atoms with E-state index in [-0.39, 0.29) is 11.6 Å². The highest BCUT2D eigenvalue weighted by molar-refractivity contribution is 7.89. The Hall–Kier alpha value is -1.95. The van der Waals surface area contributed by atoms with Crippen molar-refractivity contribution < 1.29 is 26.3 Å². The predicted molar refractivity (Wildman–Crippen MR) is 90.2 cm³/mol. The maximum Gasteiger partial charge on any atom is 0.416 e. The molecule has 2 unspecified atom stereocenters. The van der Waals surface area contributed by atoms with Gasteiger partial charge < -0.3 is 14.6 Å². The van der Waals surface area contributed by atoms with Gasteiger partial charge in [-0.2, -0.15) is 13.2 Å². The van der Waals surface area contributed by atoms with Crippen molar-refractivity contribution >= 4 is 10.0 Å². The zero-order valence-corrected chi connectivity index (χ0v) is 15.2. The number of nitrogens with one attached hydrogen (secondary N) is 2. The molecule has 1 fully saturated rings. The van der Waals surface area contributed by atoms with Crippen molar-refractivity contribution in [3.63, 3.8) is 0 Å². The lowest BCUT2D eigenvalue weighted by molar-refractivity contribution is -0.137. The van der Waals surface area contributed by atoms with Crippen LogP contribution in [0, 0.1) is 0 Å². The number of nitrogens with zero attached hydrogens (tertiary/aromatic N) is 2. The molecule has 0 saturated carbocycles. The summed E-state index contributed by atoms with van der Waals surface area (Å²) < 4.78 is 72.3. The van der Waals surface area contributed by atoms with Crippen LogP contribution in [0.1, 0.15) is 11.1 Å². The number of aryl methyl sites for hydroxylation is 1. The van der Waals surface area contributed by atoms with Crippen molar-refractivity contribution in [2.24, 2.45) is 7.05 Å². The first-order valence-electron chi connectivity index (χ1n) is 8.14. The lowest BCUT2D eigenvalue weighted by Gasteiger charge is -2.20. The van der Waals surface area contributed by atoms with Gasteiger partial charge in [-0.25, -0.2) is 18.1 Å². The molecule has 2 N–H and O–H groups in total. The van der Waals surface area contributed by atoms with Gasteiger partial charge in [-0.1, -0.05) is 12.1 Å². The van der Waals surface area contributed by atoms with Gasteiger partial charge in [-0.05, 0) is 17.7 Å². The first-order chi connectivity index (χ1) is 12.6. The van der Waals surface area contributed by atoms with Crippen molar-refractivity contribution in [2.45, 2.75) is 30.0 Å². The molecule has 0 aliphatic carbocycles. The van der Waals surface area contributed by atoms with E-state index in [9.17, 15) is 21.6 Å². The summed E-state index contributed by atoms with van der Waals surface area (Å²) in [4.78, 5) is 3.84. The van der Waals surface area contributed by atoms with Gasteiger partial charge in [0.1, 0.15) is 0 Å². The molecule has 0 spiro atoms. The molecule has 3 rings (SSSR count). The van der Waals surface area contributed by atoms with Crippen LogP contribution < -0.4 is 10.0 Å². The van der Waals surface area contributed by atoms with Crippen LogP contribution in [0.5, 0.6) is 0 Å². The Morgan fingerprint density at radius 3 is 2.59 bits per heavy atom. The summed E-state index contributed by atoms with van der Waals surface area (Å²) in [5, 5.41) is 2.96. The fraction of sp³-hybridized carbons (Fsp3) is 0.438. The van der Waals surface area contributed by atoms with Gasteiger partial charge in [0.05, 0.1) is 30.6 Å². The van der Waals surface area contributed by atoms with Crippen LogP contribution in [0.4, 0.5) is 13.2 Å². The van der Waals surface area contributed by atoms with E-state index in [1.165, 1.54) is 29.2 Å². The fourth-order valence-electron chi connectivity index (χ4n) is 2.73. The van der Waals surface area contributed by atoms with E-state index in [1.807, 2.05) is 0 Å². The minimum Gasteiger partial charge on any atom is -0.371 e. The number of imidazole rings is 1. The third kappa shape index (κ3) is 4.86. The molecule has 0 bridgehead atoms. The van der Waals surface area contributed by atoms with E-state index in [0.29, 0.717) is 18.7 Å². The monoisotopic (exact) mass is 404 g/mol. The normalized spacial score (nSPS) is 20.9. The molecule has 0 amide bonds. The lowest BCUT2D eigenvalue weighted by atomic mass is 10.1. The summed E-state index contributed by atoms with van der Waals surface area (Å²) in [5.41, 5.74) is -0.156. The summed E-state index contributed by atoms with van der Waals surface area (Å²) in [6, 6.07) is 4.17. The minimum absolute atomic E-state index is 0.0757. The smallest absolute Gasteiger partial charge is 0.371 e. The minimum atomic E-state index is -4.39. The average Bonchev–Trinajstić information content (AvgIpc) is 3.21. The summed E-state index contributed by atoms with van der Waals surface area (Å²) in [6.45, 7) is 0.881. The number of hydrogen-bond acceptors (Lipinski definition) is 5. The molecule has 1 saturated heterocycles. The summed E-state index contributed by atoms with van der Waals surface area (Å²) >= 11 is 0. The Kier molecular flexibility index (Phi) is 5.56. The van der Waals surface area contributed by atoms with E-state index in [0.717, 1.165) is 12.1 Å². The number of rotatable bonds is 6. The maximum atomic E-state index is 12.6. The number of sulfonamides is 1. The first kappa shape index (κ1) is 19.8. The van der Waals surface area contributed by atoms with E-state index in [2.05, 4.69) is 15.0 Å². The van der Waals surface area contributed by atoms with Crippen molar-refractivity contribution in [1.82, 2.24) is 19.6 Å². The fourth-order valence-corrected chi connectivity index (χ4v) is 3.97. The van der Waals surface area contributed by atoms with Gasteiger partial charge >= 0.3 is 6.18 Å².